The molecule has 0 unspecified atom stereocenters. The van der Waals surface area contributed by atoms with E-state index in [4.69, 9.17) is 34.2 Å². The van der Waals surface area contributed by atoms with Crippen LogP contribution in [0.3, 0.4) is 0 Å². The summed E-state index contributed by atoms with van der Waals surface area (Å²) in [6.07, 6.45) is -3.08. The molecule has 0 aliphatic carbocycles. The largest absolute Gasteiger partial charge is 0.508 e. The molecule has 15 nitrogen and oxygen atoms in total. The lowest BCUT2D eigenvalue weighted by atomic mass is 9.92. The summed E-state index contributed by atoms with van der Waals surface area (Å²) >= 11 is 0. The van der Waals surface area contributed by atoms with Crippen molar-refractivity contribution in [1.29, 1.82) is 0 Å². The highest BCUT2D eigenvalue weighted by Gasteiger charge is 2.59. The van der Waals surface area contributed by atoms with Gasteiger partial charge in [-0.05, 0) is 45.9 Å². The summed E-state index contributed by atoms with van der Waals surface area (Å²) < 4.78 is 35.4. The number of esters is 3. The summed E-state index contributed by atoms with van der Waals surface area (Å²) in [6.45, 7) is 3.68. The van der Waals surface area contributed by atoms with E-state index in [0.717, 1.165) is 0 Å². The van der Waals surface area contributed by atoms with Gasteiger partial charge in [-0.1, -0.05) is 0 Å². The Balaban J connectivity index is 1.38. The number of hydrogen-bond acceptors (Lipinski definition) is 14. The topological polar surface area (TPSA) is 183 Å². The number of aromatic nitrogens is 3. The molecule has 0 aromatic carbocycles. The molecule has 3 saturated heterocycles. The van der Waals surface area contributed by atoms with Crippen LogP contribution in [-0.4, -0.2) is 101 Å². The molecular weight excluding hydrogens is 542 g/mol. The van der Waals surface area contributed by atoms with Crippen LogP contribution in [0.25, 0.3) is 5.52 Å². The Morgan fingerprint density at radius 3 is 2.68 bits per heavy atom. The van der Waals surface area contributed by atoms with E-state index in [1.54, 1.807) is 37.9 Å². The van der Waals surface area contributed by atoms with Crippen molar-refractivity contribution in [1.82, 2.24) is 19.5 Å². The Bertz CT molecular complexity index is 1330. The number of nitrogen functional groups attached to an aromatic ring is 1. The number of anilines is 1. The van der Waals surface area contributed by atoms with Crippen LogP contribution in [0, 0.1) is 0 Å². The van der Waals surface area contributed by atoms with Gasteiger partial charge in [-0.2, -0.15) is 5.10 Å². The lowest BCUT2D eigenvalue weighted by Gasteiger charge is -2.30. The molecular formula is C26H33N5O10. The molecule has 3 aliphatic rings. The van der Waals surface area contributed by atoms with E-state index in [9.17, 15) is 19.2 Å². The van der Waals surface area contributed by atoms with Crippen LogP contribution in [-0.2, 0) is 48.4 Å². The molecule has 5 rings (SSSR count). The highest BCUT2D eigenvalue weighted by atomic mass is 16.7. The highest BCUT2D eigenvalue weighted by molar-refractivity contribution is 5.77. The minimum Gasteiger partial charge on any atom is -0.465 e. The van der Waals surface area contributed by atoms with Gasteiger partial charge >= 0.3 is 24.1 Å². The first-order valence-corrected chi connectivity index (χ1v) is 13.5. The first kappa shape index (κ1) is 28.5. The van der Waals surface area contributed by atoms with Crippen molar-refractivity contribution in [2.24, 2.45) is 0 Å². The third-order valence-corrected chi connectivity index (χ3v) is 7.62. The van der Waals surface area contributed by atoms with Gasteiger partial charge in [0.15, 0.2) is 18.0 Å². The Morgan fingerprint density at radius 2 is 1.93 bits per heavy atom. The zero-order chi connectivity index (χ0) is 29.3. The second-order valence-corrected chi connectivity index (χ2v) is 10.3. The van der Waals surface area contributed by atoms with Crippen LogP contribution in [0.15, 0.2) is 18.5 Å². The van der Waals surface area contributed by atoms with E-state index in [1.807, 2.05) is 0 Å². The van der Waals surface area contributed by atoms with Crippen LogP contribution >= 0.6 is 0 Å². The zero-order valence-corrected chi connectivity index (χ0v) is 23.0. The lowest BCUT2D eigenvalue weighted by Crippen LogP contribution is -2.45. The third kappa shape index (κ3) is 5.51. The summed E-state index contributed by atoms with van der Waals surface area (Å²) in [6, 6.07) is 2.63. The molecule has 0 radical (unpaired) electrons. The summed E-state index contributed by atoms with van der Waals surface area (Å²) in [5.41, 5.74) is 5.57. The molecule has 2 N–H and O–H groups in total. The fourth-order valence-corrected chi connectivity index (χ4v) is 5.63. The summed E-state index contributed by atoms with van der Waals surface area (Å²) in [5, 5.41) is 4.27. The van der Waals surface area contributed by atoms with E-state index in [0.29, 0.717) is 24.2 Å². The number of carbonyl (C=O) groups excluding carboxylic acids is 4. The lowest BCUT2D eigenvalue weighted by molar-refractivity contribution is -0.168. The van der Waals surface area contributed by atoms with Crippen molar-refractivity contribution in [3.05, 3.63) is 24.2 Å². The summed E-state index contributed by atoms with van der Waals surface area (Å²) in [5.74, 6) is -1.34. The first-order valence-electron chi connectivity index (χ1n) is 13.5. The molecule has 41 heavy (non-hydrogen) atoms. The smallest absolute Gasteiger partial charge is 0.465 e. The quantitative estimate of drug-likeness (QED) is 0.375. The van der Waals surface area contributed by atoms with E-state index in [2.05, 4.69) is 10.1 Å². The van der Waals surface area contributed by atoms with Crippen LogP contribution in [0.1, 0.15) is 45.2 Å². The maximum atomic E-state index is 12.7. The Kier molecular flexibility index (Phi) is 8.00. The Morgan fingerprint density at radius 1 is 1.17 bits per heavy atom. The van der Waals surface area contributed by atoms with Gasteiger partial charge < -0.3 is 34.2 Å². The van der Waals surface area contributed by atoms with Crippen LogP contribution in [0.4, 0.5) is 10.6 Å². The van der Waals surface area contributed by atoms with Crippen molar-refractivity contribution in [2.45, 2.75) is 75.6 Å². The second-order valence-electron chi connectivity index (χ2n) is 10.3. The number of nitrogens with two attached hydrogens (primary N) is 1. The monoisotopic (exact) mass is 575 g/mol. The average Bonchev–Trinajstić information content (AvgIpc) is 3.60. The Hall–Kier alpha value is -3.98. The molecule has 222 valence electrons. The number of ether oxygens (including phenoxy) is 6. The summed E-state index contributed by atoms with van der Waals surface area (Å²) in [4.78, 5) is 56.2. The maximum absolute atomic E-state index is 12.7. The van der Waals surface area contributed by atoms with Gasteiger partial charge in [-0.15, -0.1) is 0 Å². The van der Waals surface area contributed by atoms with Gasteiger partial charge in [0.05, 0.1) is 12.3 Å². The van der Waals surface area contributed by atoms with E-state index >= 15 is 0 Å². The molecule has 3 fully saturated rings. The SMILES string of the molecule is CCOC(=O)[C@@H]1[C@H](OC(=O)OC[C@H]2O[C@@](C)(c3ccc4c(N)ncnn34)[C@@H]3OC(=O)CCCC(=O)O[C@@H]32)CCN1C. The number of rotatable bonds is 6. The van der Waals surface area contributed by atoms with Gasteiger partial charge in [0.1, 0.15) is 42.3 Å². The molecule has 5 heterocycles. The molecule has 2 aromatic rings. The predicted octanol–water partition coefficient (Wildman–Crippen LogP) is 0.722. The van der Waals surface area contributed by atoms with Gasteiger partial charge in [-0.25, -0.2) is 14.3 Å². The fraction of sp³-hybridized carbons (Fsp3) is 0.615. The third-order valence-electron chi connectivity index (χ3n) is 7.62. The predicted molar refractivity (Wildman–Crippen MR) is 137 cm³/mol. The fourth-order valence-electron chi connectivity index (χ4n) is 5.63. The van der Waals surface area contributed by atoms with Gasteiger partial charge in [0.2, 0.25) is 0 Å². The standard InChI is InChI=1S/C26H33N5O10/c1-4-36-24(34)20-15(10-11-30(20)3)38-25(35)37-12-16-21-22(40-19(33)7-5-6-18(32)39-21)26(2,41-16)17-9-8-14-23(27)28-13-29-31(14)17/h8-9,13,15-16,20-22H,4-7,10-12H2,1-3H3,(H2,27,28,29)/t15-,16-,20+,21-,22-,26+/m1/s1. The van der Waals surface area contributed by atoms with E-state index < -0.39 is 66.7 Å². The molecule has 2 aromatic heterocycles. The van der Waals surface area contributed by atoms with Crippen molar-refractivity contribution < 1.29 is 47.6 Å². The molecule has 0 saturated carbocycles. The van der Waals surface area contributed by atoms with Crippen molar-refractivity contribution in [3.63, 3.8) is 0 Å². The molecule has 0 spiro atoms. The Labute approximate surface area is 235 Å². The number of carbonyl (C=O) groups is 4. The minimum absolute atomic E-state index is 0.00686. The minimum atomic E-state index is -1.39. The van der Waals surface area contributed by atoms with E-state index in [-0.39, 0.29) is 31.7 Å². The molecule has 0 bridgehead atoms. The number of nitrogens with zero attached hydrogens (tertiary/aromatic N) is 4. The average molecular weight is 576 g/mol. The molecule has 15 heteroatoms. The maximum Gasteiger partial charge on any atom is 0.508 e. The van der Waals surface area contributed by atoms with Gasteiger partial charge in [0, 0.05) is 19.4 Å². The van der Waals surface area contributed by atoms with Crippen molar-refractivity contribution in [2.75, 3.05) is 32.5 Å². The van der Waals surface area contributed by atoms with Gasteiger partial charge in [0.25, 0.3) is 0 Å². The van der Waals surface area contributed by atoms with Crippen molar-refractivity contribution >= 4 is 35.4 Å². The first-order chi connectivity index (χ1) is 19.6. The number of likely N-dealkylation sites (tertiary alicyclic amines) is 1. The van der Waals surface area contributed by atoms with Crippen molar-refractivity contribution in [3.8, 4) is 0 Å². The summed E-state index contributed by atoms with van der Waals surface area (Å²) in [7, 11) is 1.74. The highest BCUT2D eigenvalue weighted by Crippen LogP contribution is 2.44. The van der Waals surface area contributed by atoms with E-state index in [1.165, 1.54) is 10.8 Å². The van der Waals surface area contributed by atoms with Gasteiger partial charge in [-0.3, -0.25) is 19.3 Å². The number of likely N-dealkylation sites (N-methyl/N-ethyl adjacent to an activating group) is 1. The number of hydrogen-bond donors (Lipinski definition) is 1. The molecule has 0 amide bonds. The van der Waals surface area contributed by atoms with Crippen LogP contribution in [0.5, 0.6) is 0 Å². The van der Waals surface area contributed by atoms with Crippen LogP contribution in [0.2, 0.25) is 0 Å². The zero-order valence-electron chi connectivity index (χ0n) is 23.0. The normalized spacial score (nSPS) is 30.5. The second kappa shape index (κ2) is 11.5. The number of fused-ring (bicyclic) bond motifs is 2. The molecule has 6 atom stereocenters. The van der Waals surface area contributed by atoms with Crippen LogP contribution < -0.4 is 5.73 Å². The molecule has 3 aliphatic heterocycles.